The summed E-state index contributed by atoms with van der Waals surface area (Å²) in [5.74, 6) is -0.0794. The molecule has 0 bridgehead atoms. The van der Waals surface area contributed by atoms with Crippen LogP contribution < -0.4 is 5.32 Å². The van der Waals surface area contributed by atoms with Crippen LogP contribution in [0.5, 0.6) is 0 Å². The van der Waals surface area contributed by atoms with Gasteiger partial charge in [-0.2, -0.15) is 5.10 Å². The van der Waals surface area contributed by atoms with Crippen molar-refractivity contribution in [1.82, 2.24) is 25.6 Å². The fraction of sp³-hybridized carbons (Fsp3) is 0.562. The van der Waals surface area contributed by atoms with Gasteiger partial charge in [0.25, 0.3) is 5.91 Å². The molecule has 2 aromatic heterocycles. The molecule has 0 aliphatic carbocycles. The van der Waals surface area contributed by atoms with Crippen LogP contribution in [0.4, 0.5) is 0 Å². The summed E-state index contributed by atoms with van der Waals surface area (Å²) in [6.45, 7) is 7.47. The molecule has 23 heavy (non-hydrogen) atoms. The number of amides is 1. The Hall–Kier alpha value is -2.15. The standard InChI is InChI=1S/C16H25N5O2/c1-5-6-15-14(7-17-19-15)16(22)18-11(2)8-21(4)9-13-10-23-20-12(13)3/h7,10-11H,5-6,8-9H2,1-4H3,(H,17,19)(H,18,22). The van der Waals surface area contributed by atoms with Crippen LogP contribution in [0, 0.1) is 6.92 Å². The Morgan fingerprint density at radius 1 is 1.52 bits per heavy atom. The minimum absolute atomic E-state index is 0.0250. The Labute approximate surface area is 136 Å². The van der Waals surface area contributed by atoms with Crippen LogP contribution in [0.15, 0.2) is 17.0 Å². The first-order chi connectivity index (χ1) is 11.0. The quantitative estimate of drug-likeness (QED) is 0.776. The minimum atomic E-state index is -0.0794. The molecule has 0 radical (unpaired) electrons. The summed E-state index contributed by atoms with van der Waals surface area (Å²) in [7, 11) is 2.01. The summed E-state index contributed by atoms with van der Waals surface area (Å²) in [5, 5.41) is 13.8. The van der Waals surface area contributed by atoms with E-state index >= 15 is 0 Å². The highest BCUT2D eigenvalue weighted by molar-refractivity contribution is 5.95. The summed E-state index contributed by atoms with van der Waals surface area (Å²) < 4.78 is 4.94. The number of aryl methyl sites for hydroxylation is 2. The second kappa shape index (κ2) is 7.92. The number of hydrogen-bond acceptors (Lipinski definition) is 5. The molecule has 1 unspecified atom stereocenters. The lowest BCUT2D eigenvalue weighted by Gasteiger charge is -2.21. The second-order valence-electron chi connectivity index (χ2n) is 6.01. The van der Waals surface area contributed by atoms with Crippen molar-refractivity contribution in [2.75, 3.05) is 13.6 Å². The molecule has 7 heteroatoms. The van der Waals surface area contributed by atoms with Crippen LogP contribution in [0.3, 0.4) is 0 Å². The van der Waals surface area contributed by atoms with Crippen molar-refractivity contribution in [2.24, 2.45) is 0 Å². The maximum absolute atomic E-state index is 12.3. The first-order valence-corrected chi connectivity index (χ1v) is 7.92. The molecule has 0 fully saturated rings. The molecule has 1 amide bonds. The van der Waals surface area contributed by atoms with Crippen LogP contribution in [-0.2, 0) is 13.0 Å². The summed E-state index contributed by atoms with van der Waals surface area (Å²) in [6.07, 6.45) is 5.05. The van der Waals surface area contributed by atoms with E-state index in [-0.39, 0.29) is 11.9 Å². The van der Waals surface area contributed by atoms with Gasteiger partial charge < -0.3 is 9.84 Å². The fourth-order valence-corrected chi connectivity index (χ4v) is 2.58. The number of rotatable bonds is 8. The Bertz CT molecular complexity index is 634. The first-order valence-electron chi connectivity index (χ1n) is 7.92. The minimum Gasteiger partial charge on any atom is -0.364 e. The van der Waals surface area contributed by atoms with Gasteiger partial charge in [-0.05, 0) is 27.3 Å². The van der Waals surface area contributed by atoms with Crippen molar-refractivity contribution >= 4 is 5.91 Å². The SMILES string of the molecule is CCCc1[nH]ncc1C(=O)NC(C)CN(C)Cc1conc1C. The predicted molar refractivity (Wildman–Crippen MR) is 87.1 cm³/mol. The van der Waals surface area contributed by atoms with Crippen molar-refractivity contribution in [3.63, 3.8) is 0 Å². The molecule has 0 aromatic carbocycles. The number of nitrogens with one attached hydrogen (secondary N) is 2. The molecular weight excluding hydrogens is 294 g/mol. The van der Waals surface area contributed by atoms with Crippen LogP contribution in [-0.4, -0.2) is 45.8 Å². The number of carbonyl (C=O) groups is 1. The average Bonchev–Trinajstić information content (AvgIpc) is 3.09. The van der Waals surface area contributed by atoms with E-state index in [2.05, 4.69) is 32.5 Å². The van der Waals surface area contributed by atoms with Gasteiger partial charge >= 0.3 is 0 Å². The highest BCUT2D eigenvalue weighted by atomic mass is 16.5. The average molecular weight is 319 g/mol. The van der Waals surface area contributed by atoms with Crippen molar-refractivity contribution in [1.29, 1.82) is 0 Å². The number of carbonyl (C=O) groups excluding carboxylic acids is 1. The van der Waals surface area contributed by atoms with Crippen molar-refractivity contribution in [3.8, 4) is 0 Å². The van der Waals surface area contributed by atoms with Gasteiger partial charge in [-0.15, -0.1) is 0 Å². The van der Waals surface area contributed by atoms with Crippen LogP contribution in [0.1, 0.15) is 47.6 Å². The molecule has 2 heterocycles. The number of aromatic nitrogens is 3. The Kier molecular flexibility index (Phi) is 5.92. The number of likely N-dealkylation sites (N-methyl/N-ethyl adjacent to an activating group) is 1. The molecule has 0 aliphatic heterocycles. The Morgan fingerprint density at radius 2 is 2.30 bits per heavy atom. The van der Waals surface area contributed by atoms with Crippen LogP contribution >= 0.6 is 0 Å². The van der Waals surface area contributed by atoms with E-state index in [4.69, 9.17) is 4.52 Å². The molecule has 2 N–H and O–H groups in total. The van der Waals surface area contributed by atoms with E-state index in [1.165, 1.54) is 0 Å². The van der Waals surface area contributed by atoms with Crippen molar-refractivity contribution < 1.29 is 9.32 Å². The predicted octanol–water partition coefficient (Wildman–Crippen LogP) is 1.91. The zero-order chi connectivity index (χ0) is 16.8. The van der Waals surface area contributed by atoms with Gasteiger partial charge in [-0.1, -0.05) is 18.5 Å². The highest BCUT2D eigenvalue weighted by Crippen LogP contribution is 2.09. The van der Waals surface area contributed by atoms with E-state index in [0.29, 0.717) is 5.56 Å². The Balaban J connectivity index is 1.86. The lowest BCUT2D eigenvalue weighted by molar-refractivity contribution is 0.0930. The molecule has 1 atom stereocenters. The molecule has 126 valence electrons. The summed E-state index contributed by atoms with van der Waals surface area (Å²) in [6, 6.07) is 0.0250. The molecule has 7 nitrogen and oxygen atoms in total. The Morgan fingerprint density at radius 3 is 2.96 bits per heavy atom. The lowest BCUT2D eigenvalue weighted by atomic mass is 10.1. The number of aromatic amines is 1. The van der Waals surface area contributed by atoms with Gasteiger partial charge in [0.2, 0.25) is 0 Å². The third-order valence-corrected chi connectivity index (χ3v) is 3.72. The number of H-pyrrole nitrogens is 1. The maximum atomic E-state index is 12.3. The fourth-order valence-electron chi connectivity index (χ4n) is 2.58. The molecule has 0 saturated carbocycles. The highest BCUT2D eigenvalue weighted by Gasteiger charge is 2.17. The van der Waals surface area contributed by atoms with E-state index < -0.39 is 0 Å². The normalized spacial score (nSPS) is 12.6. The summed E-state index contributed by atoms with van der Waals surface area (Å²) >= 11 is 0. The van der Waals surface area contributed by atoms with Gasteiger partial charge in [0.15, 0.2) is 0 Å². The molecule has 0 spiro atoms. The molecule has 2 rings (SSSR count). The van der Waals surface area contributed by atoms with Crippen molar-refractivity contribution in [2.45, 2.75) is 46.2 Å². The first kappa shape index (κ1) is 17.2. The third kappa shape index (κ3) is 4.66. The third-order valence-electron chi connectivity index (χ3n) is 3.72. The van der Waals surface area contributed by atoms with Crippen LogP contribution in [0.2, 0.25) is 0 Å². The summed E-state index contributed by atoms with van der Waals surface area (Å²) in [5.41, 5.74) is 3.49. The molecule has 0 aliphatic rings. The zero-order valence-electron chi connectivity index (χ0n) is 14.2. The molecular formula is C16H25N5O2. The topological polar surface area (TPSA) is 87.0 Å². The summed E-state index contributed by atoms with van der Waals surface area (Å²) in [4.78, 5) is 14.5. The van der Waals surface area contributed by atoms with E-state index in [9.17, 15) is 4.79 Å². The molecule has 2 aromatic rings. The van der Waals surface area contributed by atoms with Crippen LogP contribution in [0.25, 0.3) is 0 Å². The van der Waals surface area contributed by atoms with E-state index in [0.717, 1.165) is 42.9 Å². The molecule has 0 saturated heterocycles. The maximum Gasteiger partial charge on any atom is 0.254 e. The largest absolute Gasteiger partial charge is 0.364 e. The number of nitrogens with zero attached hydrogens (tertiary/aromatic N) is 3. The zero-order valence-corrected chi connectivity index (χ0v) is 14.2. The van der Waals surface area contributed by atoms with Gasteiger partial charge in [-0.25, -0.2) is 0 Å². The lowest BCUT2D eigenvalue weighted by Crippen LogP contribution is -2.40. The van der Waals surface area contributed by atoms with Gasteiger partial charge in [0.05, 0.1) is 17.5 Å². The number of hydrogen-bond donors (Lipinski definition) is 2. The second-order valence-corrected chi connectivity index (χ2v) is 6.01. The van der Waals surface area contributed by atoms with Crippen molar-refractivity contribution in [3.05, 3.63) is 35.0 Å². The monoisotopic (exact) mass is 319 g/mol. The van der Waals surface area contributed by atoms with E-state index in [1.54, 1.807) is 12.5 Å². The van der Waals surface area contributed by atoms with E-state index in [1.807, 2.05) is 20.9 Å². The van der Waals surface area contributed by atoms with Gasteiger partial charge in [-0.3, -0.25) is 14.8 Å². The van der Waals surface area contributed by atoms with Gasteiger partial charge in [0, 0.05) is 30.4 Å². The smallest absolute Gasteiger partial charge is 0.254 e. The van der Waals surface area contributed by atoms with Gasteiger partial charge in [0.1, 0.15) is 6.26 Å².